The first-order valence-electron chi connectivity index (χ1n) is 4.27. The number of fused-ring (bicyclic) bond motifs is 1. The Balaban J connectivity index is 0.000000317. The Bertz CT molecular complexity index is 512. The van der Waals surface area contributed by atoms with Crippen LogP contribution in [0.4, 0.5) is 0 Å². The summed E-state index contributed by atoms with van der Waals surface area (Å²) >= 11 is 26.5. The average molecular weight is 350 g/mol. The molecule has 0 spiro atoms. The predicted octanol–water partition coefficient (Wildman–Crippen LogP) is 6.17. The van der Waals surface area contributed by atoms with Crippen LogP contribution in [0.3, 0.4) is 0 Å². The van der Waals surface area contributed by atoms with Gasteiger partial charge >= 0.3 is 0 Å². The summed E-state index contributed by atoms with van der Waals surface area (Å²) in [6.45, 7) is 1.82. The van der Waals surface area contributed by atoms with Crippen molar-refractivity contribution >= 4 is 73.8 Å². The molecule has 0 bridgehead atoms. The number of aromatic nitrogens is 2. The topological polar surface area (TPSA) is 25.8 Å². The summed E-state index contributed by atoms with van der Waals surface area (Å²) in [7, 11) is 0. The van der Waals surface area contributed by atoms with Gasteiger partial charge in [0.05, 0.1) is 16.2 Å². The maximum atomic E-state index is 6.04. The molecule has 2 rings (SSSR count). The summed E-state index contributed by atoms with van der Waals surface area (Å²) in [4.78, 5) is 0. The number of nitrogens with zero attached hydrogens (tertiary/aromatic N) is 2. The van der Waals surface area contributed by atoms with Gasteiger partial charge < -0.3 is 0 Å². The molecular formula is C9H6Cl5N2P. The lowest BCUT2D eigenvalue weighted by Crippen LogP contribution is -1.89. The molecule has 0 fully saturated rings. The highest BCUT2D eigenvalue weighted by atomic mass is 36.0. The van der Waals surface area contributed by atoms with Crippen molar-refractivity contribution in [2.45, 2.75) is 6.92 Å². The fourth-order valence-corrected chi connectivity index (χ4v) is 1.50. The molecule has 0 unspecified atom stereocenters. The van der Waals surface area contributed by atoms with E-state index in [0.717, 1.165) is 16.6 Å². The minimum atomic E-state index is -1.20. The molecular weight excluding hydrogens is 344 g/mol. The number of aryl methyl sites for hydroxylation is 1. The molecule has 92 valence electrons. The third kappa shape index (κ3) is 4.90. The van der Waals surface area contributed by atoms with Crippen LogP contribution in [-0.2, 0) is 0 Å². The lowest BCUT2D eigenvalue weighted by Gasteiger charge is -2.01. The van der Waals surface area contributed by atoms with Crippen molar-refractivity contribution in [2.75, 3.05) is 0 Å². The number of benzene rings is 1. The number of hydrogen-bond acceptors (Lipinski definition) is 2. The maximum Gasteiger partial charge on any atom is 0.179 e. The standard InChI is InChI=1S/C9H6Cl2N2.Cl3P/c1-5-9(11)7-4-6(10)2-3-8(7)13-12-5;1-4(2)3/h2-4H,1H3;. The zero-order valence-electron chi connectivity index (χ0n) is 8.46. The molecule has 1 aromatic carbocycles. The zero-order valence-corrected chi connectivity index (χ0v) is 13.1. The monoisotopic (exact) mass is 348 g/mol. The van der Waals surface area contributed by atoms with Gasteiger partial charge in [0.2, 0.25) is 0 Å². The van der Waals surface area contributed by atoms with Gasteiger partial charge in [0.1, 0.15) is 0 Å². The van der Waals surface area contributed by atoms with E-state index in [-0.39, 0.29) is 0 Å². The van der Waals surface area contributed by atoms with E-state index in [0.29, 0.717) is 10.0 Å². The molecule has 0 atom stereocenters. The zero-order chi connectivity index (χ0) is 13.0. The molecule has 0 aliphatic rings. The van der Waals surface area contributed by atoms with Gasteiger partial charge in [-0.1, -0.05) is 56.9 Å². The van der Waals surface area contributed by atoms with Crippen LogP contribution >= 0.6 is 62.9 Å². The van der Waals surface area contributed by atoms with Crippen LogP contribution in [0.5, 0.6) is 0 Å². The number of rotatable bonds is 0. The lowest BCUT2D eigenvalue weighted by atomic mass is 10.2. The molecule has 0 radical (unpaired) electrons. The van der Waals surface area contributed by atoms with Gasteiger partial charge in [0.25, 0.3) is 0 Å². The second kappa shape index (κ2) is 7.13. The molecule has 1 heterocycles. The van der Waals surface area contributed by atoms with Crippen molar-refractivity contribution in [1.82, 2.24) is 10.2 Å². The van der Waals surface area contributed by atoms with Crippen LogP contribution in [0.2, 0.25) is 10.0 Å². The van der Waals surface area contributed by atoms with Crippen molar-refractivity contribution in [3.63, 3.8) is 0 Å². The highest BCUT2D eigenvalue weighted by Gasteiger charge is 2.04. The molecule has 0 saturated carbocycles. The third-order valence-corrected chi connectivity index (χ3v) is 2.53. The van der Waals surface area contributed by atoms with Crippen LogP contribution in [0.25, 0.3) is 10.9 Å². The quantitative estimate of drug-likeness (QED) is 0.531. The normalized spacial score (nSPS) is 10.3. The van der Waals surface area contributed by atoms with Crippen molar-refractivity contribution in [1.29, 1.82) is 0 Å². The number of halogens is 5. The van der Waals surface area contributed by atoms with E-state index in [9.17, 15) is 0 Å². The second-order valence-corrected chi connectivity index (χ2v) is 8.75. The van der Waals surface area contributed by atoms with Crippen molar-refractivity contribution in [3.8, 4) is 0 Å². The Kier molecular flexibility index (Phi) is 6.50. The van der Waals surface area contributed by atoms with Gasteiger partial charge in [0.15, 0.2) is 5.98 Å². The van der Waals surface area contributed by atoms with Crippen LogP contribution in [-0.4, -0.2) is 10.2 Å². The van der Waals surface area contributed by atoms with Gasteiger partial charge in [-0.15, -0.1) is 0 Å². The first-order valence-corrected chi connectivity index (χ1v) is 9.08. The van der Waals surface area contributed by atoms with E-state index in [2.05, 4.69) is 10.2 Å². The Morgan fingerprint density at radius 3 is 2.24 bits per heavy atom. The molecule has 2 aromatic rings. The SMILES string of the molecule is Cc1nnc2ccc(Cl)cc2c1Cl.ClP(Cl)Cl. The molecule has 0 saturated heterocycles. The van der Waals surface area contributed by atoms with Gasteiger partial charge in [-0.3, -0.25) is 0 Å². The Hall–Kier alpha value is 0.440. The molecule has 17 heavy (non-hydrogen) atoms. The van der Waals surface area contributed by atoms with Gasteiger partial charge in [0, 0.05) is 10.4 Å². The van der Waals surface area contributed by atoms with Crippen molar-refractivity contribution < 1.29 is 0 Å². The first-order chi connectivity index (χ1) is 7.91. The van der Waals surface area contributed by atoms with E-state index in [4.69, 9.17) is 56.9 Å². The molecule has 0 aliphatic heterocycles. The minimum absolute atomic E-state index is 0.618. The molecule has 0 N–H and O–H groups in total. The predicted molar refractivity (Wildman–Crippen MR) is 78.8 cm³/mol. The molecule has 2 nitrogen and oxygen atoms in total. The fourth-order valence-electron chi connectivity index (χ4n) is 1.14. The van der Waals surface area contributed by atoms with Crippen LogP contribution in [0.1, 0.15) is 5.69 Å². The maximum absolute atomic E-state index is 6.04. The van der Waals surface area contributed by atoms with Crippen molar-refractivity contribution in [2.24, 2.45) is 0 Å². The largest absolute Gasteiger partial charge is 0.179 e. The van der Waals surface area contributed by atoms with E-state index in [1.807, 2.05) is 6.92 Å². The summed E-state index contributed by atoms with van der Waals surface area (Å²) in [5, 5.41) is 10.0. The first kappa shape index (κ1) is 15.5. The average Bonchev–Trinajstić information content (AvgIpc) is 2.23. The molecule has 0 amide bonds. The van der Waals surface area contributed by atoms with Gasteiger partial charge in [-0.25, -0.2) is 0 Å². The smallest absolute Gasteiger partial charge is 0.154 e. The molecule has 8 heteroatoms. The van der Waals surface area contributed by atoms with E-state index in [1.54, 1.807) is 18.2 Å². The molecule has 1 aromatic heterocycles. The fraction of sp³-hybridized carbons (Fsp3) is 0.111. The minimum Gasteiger partial charge on any atom is -0.154 e. The highest BCUT2D eigenvalue weighted by Crippen LogP contribution is 2.51. The number of hydrogen-bond donors (Lipinski definition) is 0. The van der Waals surface area contributed by atoms with Gasteiger partial charge in [-0.05, 0) is 25.1 Å². The summed E-state index contributed by atoms with van der Waals surface area (Å²) in [6, 6.07) is 5.36. The highest BCUT2D eigenvalue weighted by molar-refractivity contribution is 8.20. The van der Waals surface area contributed by atoms with Crippen LogP contribution in [0.15, 0.2) is 18.2 Å². The van der Waals surface area contributed by atoms with Crippen LogP contribution < -0.4 is 0 Å². The Morgan fingerprint density at radius 1 is 1.06 bits per heavy atom. The van der Waals surface area contributed by atoms with E-state index < -0.39 is 5.98 Å². The summed E-state index contributed by atoms with van der Waals surface area (Å²) < 4.78 is 0. The third-order valence-electron chi connectivity index (χ3n) is 1.82. The summed E-state index contributed by atoms with van der Waals surface area (Å²) in [5.41, 5.74) is 1.48. The Morgan fingerprint density at radius 2 is 1.65 bits per heavy atom. The Labute approximate surface area is 124 Å². The van der Waals surface area contributed by atoms with Crippen molar-refractivity contribution in [3.05, 3.63) is 33.9 Å². The molecule has 0 aliphatic carbocycles. The van der Waals surface area contributed by atoms with Crippen LogP contribution in [0, 0.1) is 6.92 Å². The second-order valence-electron chi connectivity index (χ2n) is 2.95. The summed E-state index contributed by atoms with van der Waals surface area (Å²) in [5.74, 6) is -1.20. The lowest BCUT2D eigenvalue weighted by molar-refractivity contribution is 1.02. The van der Waals surface area contributed by atoms with E-state index >= 15 is 0 Å². The van der Waals surface area contributed by atoms with E-state index in [1.165, 1.54) is 0 Å². The van der Waals surface area contributed by atoms with Gasteiger partial charge in [-0.2, -0.15) is 10.2 Å². The summed E-state index contributed by atoms with van der Waals surface area (Å²) in [6.07, 6.45) is 0.